The van der Waals surface area contributed by atoms with Gasteiger partial charge in [0.2, 0.25) is 5.91 Å². The number of likely N-dealkylation sites (tertiary alicyclic amines) is 1. The molecule has 1 aliphatic rings. The molecule has 0 spiro atoms. The van der Waals surface area contributed by atoms with Crippen LogP contribution in [0.4, 0.5) is 4.39 Å². The molecule has 0 N–H and O–H groups in total. The fourth-order valence-electron chi connectivity index (χ4n) is 2.82. The minimum atomic E-state index is -1.39. The van der Waals surface area contributed by atoms with Crippen molar-refractivity contribution < 1.29 is 22.9 Å². The molecule has 1 aromatic carbocycles. The van der Waals surface area contributed by atoms with Crippen LogP contribution in [0.3, 0.4) is 0 Å². The third kappa shape index (κ3) is 5.92. The second kappa shape index (κ2) is 9.65. The predicted octanol–water partition coefficient (Wildman–Crippen LogP) is 2.41. The maximum atomic E-state index is 12.8. The zero-order chi connectivity index (χ0) is 18.2. The van der Waals surface area contributed by atoms with Gasteiger partial charge in [0.15, 0.2) is 0 Å². The molecule has 2 rings (SSSR count). The summed E-state index contributed by atoms with van der Waals surface area (Å²) >= 11 is 0. The number of carbonyl (C=O) groups excluding carboxylic acids is 2. The van der Waals surface area contributed by atoms with Gasteiger partial charge < -0.3 is 9.64 Å². The zero-order valence-electron chi connectivity index (χ0n) is 14.4. The van der Waals surface area contributed by atoms with Crippen LogP contribution in [0.15, 0.2) is 24.3 Å². The van der Waals surface area contributed by atoms with Gasteiger partial charge in [-0.2, -0.15) is 0 Å². The van der Waals surface area contributed by atoms with E-state index in [4.69, 9.17) is 0 Å². The first-order valence-electron chi connectivity index (χ1n) is 8.49. The van der Waals surface area contributed by atoms with Gasteiger partial charge in [-0.1, -0.05) is 25.0 Å². The summed E-state index contributed by atoms with van der Waals surface area (Å²) in [5.41, 5.74) is 1.12. The molecule has 0 aromatic heterocycles. The lowest BCUT2D eigenvalue weighted by atomic mass is 10.1. The number of amides is 1. The van der Waals surface area contributed by atoms with Crippen LogP contribution in [-0.2, 0) is 31.5 Å². The quantitative estimate of drug-likeness (QED) is 0.361. The number of ether oxygens (including phenoxy) is 1. The highest BCUT2D eigenvalue weighted by Crippen LogP contribution is 2.23. The Morgan fingerprint density at radius 3 is 2.56 bits per heavy atom. The first-order valence-corrected chi connectivity index (χ1v) is 9.87. The summed E-state index contributed by atoms with van der Waals surface area (Å²) in [5, 5.41) is -0.356. The monoisotopic (exact) mass is 369 g/mol. The van der Waals surface area contributed by atoms with Crippen LogP contribution < -0.4 is 0 Å². The van der Waals surface area contributed by atoms with E-state index in [0.717, 1.165) is 37.7 Å². The van der Waals surface area contributed by atoms with Crippen LogP contribution in [0.2, 0.25) is 0 Å². The molecular weight excluding hydrogens is 345 g/mol. The summed E-state index contributed by atoms with van der Waals surface area (Å²) in [7, 11) is -0.135. The van der Waals surface area contributed by atoms with E-state index in [9.17, 15) is 18.2 Å². The lowest BCUT2D eigenvalue weighted by Gasteiger charge is -2.39. The van der Waals surface area contributed by atoms with Gasteiger partial charge >= 0.3 is 5.97 Å². The van der Waals surface area contributed by atoms with E-state index >= 15 is 0 Å². The summed E-state index contributed by atoms with van der Waals surface area (Å²) in [6, 6.07) is 6.55. The molecular formula is C18H24FNO4S. The number of β-lactam (4-membered cyclic amide) rings is 1. The molecule has 2 atom stereocenters. The van der Waals surface area contributed by atoms with Crippen LogP contribution in [0.25, 0.3) is 0 Å². The van der Waals surface area contributed by atoms with E-state index in [-0.39, 0.29) is 29.3 Å². The maximum absolute atomic E-state index is 12.8. The standard InChI is InChI=1S/C18H24FNO4S/c1-24-18(22)13-25(23)17-12-16(21)20(17)11-5-3-2-4-6-14-7-9-15(19)10-8-14/h7-10,17H,2-6,11-13H2,1H3. The van der Waals surface area contributed by atoms with Crippen molar-refractivity contribution in [2.24, 2.45) is 0 Å². The number of rotatable bonds is 10. The van der Waals surface area contributed by atoms with Crippen molar-refractivity contribution in [2.75, 3.05) is 19.4 Å². The third-order valence-electron chi connectivity index (χ3n) is 4.34. The number of nitrogens with zero attached hydrogens (tertiary/aromatic N) is 1. The number of esters is 1. The SMILES string of the molecule is COC(=O)CS(=O)C1CC(=O)N1CCCCCCc1ccc(F)cc1. The van der Waals surface area contributed by atoms with Gasteiger partial charge in [0.1, 0.15) is 16.9 Å². The van der Waals surface area contributed by atoms with Crippen LogP contribution in [0, 0.1) is 5.82 Å². The summed E-state index contributed by atoms with van der Waals surface area (Å²) in [5.74, 6) is -0.905. The summed E-state index contributed by atoms with van der Waals surface area (Å²) in [6.45, 7) is 0.576. The molecule has 1 fully saturated rings. The number of benzene rings is 1. The molecule has 1 heterocycles. The Labute approximate surface area is 150 Å². The molecule has 2 unspecified atom stereocenters. The van der Waals surface area contributed by atoms with E-state index < -0.39 is 16.8 Å². The third-order valence-corrected chi connectivity index (χ3v) is 5.88. The Bertz CT molecular complexity index is 620. The molecule has 0 saturated carbocycles. The second-order valence-electron chi connectivity index (χ2n) is 6.14. The fourth-order valence-corrected chi connectivity index (χ4v) is 4.19. The highest BCUT2D eigenvalue weighted by atomic mass is 32.2. The Kier molecular flexibility index (Phi) is 7.55. The first-order chi connectivity index (χ1) is 12.0. The average molecular weight is 369 g/mol. The van der Waals surface area contributed by atoms with Gasteiger partial charge in [-0.25, -0.2) is 4.39 Å². The first kappa shape index (κ1) is 19.6. The number of halogens is 1. The molecule has 0 bridgehead atoms. The minimum absolute atomic E-state index is 0.00507. The van der Waals surface area contributed by atoms with Crippen LogP contribution in [0.5, 0.6) is 0 Å². The predicted molar refractivity (Wildman–Crippen MR) is 93.7 cm³/mol. The van der Waals surface area contributed by atoms with Gasteiger partial charge in [0, 0.05) is 6.54 Å². The van der Waals surface area contributed by atoms with Crippen molar-refractivity contribution in [3.8, 4) is 0 Å². The Morgan fingerprint density at radius 2 is 1.92 bits per heavy atom. The van der Waals surface area contributed by atoms with E-state index in [1.165, 1.54) is 19.2 Å². The number of carbonyl (C=O) groups is 2. The highest BCUT2D eigenvalue weighted by Gasteiger charge is 2.40. The molecule has 25 heavy (non-hydrogen) atoms. The largest absolute Gasteiger partial charge is 0.468 e. The molecule has 138 valence electrons. The minimum Gasteiger partial charge on any atom is -0.468 e. The van der Waals surface area contributed by atoms with Gasteiger partial charge in [-0.05, 0) is 37.0 Å². The van der Waals surface area contributed by atoms with E-state index in [0.29, 0.717) is 6.54 Å². The van der Waals surface area contributed by atoms with E-state index in [2.05, 4.69) is 4.74 Å². The summed E-state index contributed by atoms with van der Waals surface area (Å²) < 4.78 is 29.4. The van der Waals surface area contributed by atoms with Gasteiger partial charge in [0.05, 0.1) is 24.3 Å². The van der Waals surface area contributed by atoms with Gasteiger partial charge in [0.25, 0.3) is 0 Å². The van der Waals surface area contributed by atoms with Gasteiger partial charge in [-0.3, -0.25) is 13.8 Å². The number of aryl methyl sites for hydroxylation is 1. The Balaban J connectivity index is 1.61. The smallest absolute Gasteiger partial charge is 0.318 e. The zero-order valence-corrected chi connectivity index (χ0v) is 15.2. The van der Waals surface area contributed by atoms with Crippen LogP contribution in [0.1, 0.15) is 37.7 Å². The van der Waals surface area contributed by atoms with E-state index in [1.807, 2.05) is 0 Å². The van der Waals surface area contributed by atoms with Crippen molar-refractivity contribution in [3.05, 3.63) is 35.6 Å². The molecule has 1 aromatic rings. The molecule has 1 saturated heterocycles. The normalized spacial score (nSPS) is 17.9. The average Bonchev–Trinajstić information content (AvgIpc) is 2.59. The second-order valence-corrected chi connectivity index (χ2v) is 7.73. The molecule has 1 aliphatic heterocycles. The lowest BCUT2D eigenvalue weighted by molar-refractivity contribution is -0.142. The van der Waals surface area contributed by atoms with Crippen LogP contribution in [-0.4, -0.2) is 45.8 Å². The van der Waals surface area contributed by atoms with Crippen molar-refractivity contribution in [1.29, 1.82) is 0 Å². The van der Waals surface area contributed by atoms with E-state index in [1.54, 1.807) is 17.0 Å². The van der Waals surface area contributed by atoms with Crippen molar-refractivity contribution in [3.63, 3.8) is 0 Å². The number of methoxy groups -OCH3 is 1. The molecule has 7 heteroatoms. The molecule has 0 radical (unpaired) electrons. The number of unbranched alkanes of at least 4 members (excludes halogenated alkanes) is 3. The summed E-state index contributed by atoms with van der Waals surface area (Å²) in [4.78, 5) is 24.5. The Hall–Kier alpha value is -1.76. The summed E-state index contributed by atoms with van der Waals surface area (Å²) in [6.07, 6.45) is 5.01. The molecule has 5 nitrogen and oxygen atoms in total. The van der Waals surface area contributed by atoms with Crippen molar-refractivity contribution in [2.45, 2.75) is 43.9 Å². The van der Waals surface area contributed by atoms with Crippen molar-refractivity contribution in [1.82, 2.24) is 4.90 Å². The number of hydrogen-bond acceptors (Lipinski definition) is 4. The number of hydrogen-bond donors (Lipinski definition) is 0. The molecule has 1 amide bonds. The molecule has 0 aliphatic carbocycles. The van der Waals surface area contributed by atoms with Crippen molar-refractivity contribution >= 4 is 22.7 Å². The van der Waals surface area contributed by atoms with Gasteiger partial charge in [-0.15, -0.1) is 0 Å². The fraction of sp³-hybridized carbons (Fsp3) is 0.556. The highest BCUT2D eigenvalue weighted by molar-refractivity contribution is 7.86. The maximum Gasteiger partial charge on any atom is 0.318 e. The lowest BCUT2D eigenvalue weighted by Crippen LogP contribution is -2.55. The topological polar surface area (TPSA) is 63.7 Å². The Morgan fingerprint density at radius 1 is 1.24 bits per heavy atom. The van der Waals surface area contributed by atoms with Crippen LogP contribution >= 0.6 is 0 Å².